The maximum Gasteiger partial charge on any atom is 0.294 e. The van der Waals surface area contributed by atoms with E-state index in [0.29, 0.717) is 57.3 Å². The quantitative estimate of drug-likeness (QED) is 0.125. The lowest BCUT2D eigenvalue weighted by atomic mass is 10.0. The number of methoxy groups -OCH3 is 2. The molecule has 0 spiro atoms. The van der Waals surface area contributed by atoms with Crippen molar-refractivity contribution in [1.29, 1.82) is 0 Å². The number of carbonyl (C=O) groups excluding carboxylic acids is 1. The van der Waals surface area contributed by atoms with Gasteiger partial charge in [0.2, 0.25) is 4.96 Å². The second-order valence-corrected chi connectivity index (χ2v) is 11.0. The molecule has 8 nitrogen and oxygen atoms in total. The number of rotatable bonds is 9. The summed E-state index contributed by atoms with van der Waals surface area (Å²) in [6, 6.07) is 21.1. The van der Waals surface area contributed by atoms with Gasteiger partial charge in [-0.25, -0.2) is 9.50 Å². The molecule has 0 N–H and O–H groups in total. The molecule has 0 aliphatic rings. The normalized spacial score (nSPS) is 11.3. The minimum Gasteiger partial charge on any atom is -0.496 e. The van der Waals surface area contributed by atoms with E-state index in [1.807, 2.05) is 66.7 Å². The SMILES string of the molecule is COc1cc(OCc2cccc(CC(=O)c3ccc(I)cc3)c2)c2cc(-c3cn4nc(OC)sc4n3)oc2c1. The highest BCUT2D eigenvalue weighted by molar-refractivity contribution is 14.1. The van der Waals surface area contributed by atoms with Gasteiger partial charge < -0.3 is 18.6 Å². The van der Waals surface area contributed by atoms with Gasteiger partial charge in [-0.3, -0.25) is 4.79 Å². The predicted molar refractivity (Wildman–Crippen MR) is 157 cm³/mol. The average Bonchev–Trinajstić information content (AvgIpc) is 3.65. The average molecular weight is 651 g/mol. The van der Waals surface area contributed by atoms with Gasteiger partial charge in [0.1, 0.15) is 29.4 Å². The Morgan fingerprint density at radius 3 is 2.62 bits per heavy atom. The highest BCUT2D eigenvalue weighted by Gasteiger charge is 2.17. The molecular formula is C29H22IN3O5S. The first kappa shape index (κ1) is 25.4. The zero-order chi connectivity index (χ0) is 26.9. The van der Waals surface area contributed by atoms with Crippen LogP contribution in [0.3, 0.4) is 0 Å². The van der Waals surface area contributed by atoms with Crippen molar-refractivity contribution in [2.24, 2.45) is 0 Å². The molecule has 0 unspecified atom stereocenters. The predicted octanol–water partition coefficient (Wildman–Crippen LogP) is 6.83. The van der Waals surface area contributed by atoms with E-state index in [9.17, 15) is 4.79 Å². The molecule has 196 valence electrons. The van der Waals surface area contributed by atoms with Gasteiger partial charge >= 0.3 is 0 Å². The Balaban J connectivity index is 1.23. The van der Waals surface area contributed by atoms with E-state index in [4.69, 9.17) is 18.6 Å². The summed E-state index contributed by atoms with van der Waals surface area (Å²) in [5, 5.41) is 5.67. The molecule has 0 aliphatic heterocycles. The first-order valence-corrected chi connectivity index (χ1v) is 13.9. The molecule has 10 heteroatoms. The number of benzene rings is 3. The number of fused-ring (bicyclic) bond motifs is 2. The Labute approximate surface area is 241 Å². The molecule has 0 aliphatic carbocycles. The summed E-state index contributed by atoms with van der Waals surface area (Å²) in [6.07, 6.45) is 2.12. The summed E-state index contributed by atoms with van der Waals surface area (Å²) in [5.41, 5.74) is 3.88. The number of hydrogen-bond donors (Lipinski definition) is 0. The topological polar surface area (TPSA) is 88.1 Å². The first-order valence-electron chi connectivity index (χ1n) is 12.0. The van der Waals surface area contributed by atoms with E-state index in [2.05, 4.69) is 32.7 Å². The van der Waals surface area contributed by atoms with Gasteiger partial charge in [-0.1, -0.05) is 36.4 Å². The number of halogens is 1. The third-order valence-electron chi connectivity index (χ3n) is 6.18. The van der Waals surface area contributed by atoms with Crippen molar-refractivity contribution in [3.63, 3.8) is 0 Å². The van der Waals surface area contributed by atoms with E-state index < -0.39 is 0 Å². The molecule has 0 atom stereocenters. The minimum absolute atomic E-state index is 0.0812. The summed E-state index contributed by atoms with van der Waals surface area (Å²) in [5.74, 6) is 1.92. The molecule has 0 amide bonds. The van der Waals surface area contributed by atoms with Crippen LogP contribution in [0, 0.1) is 3.57 Å². The molecule has 3 aromatic carbocycles. The van der Waals surface area contributed by atoms with Crippen LogP contribution in [0.2, 0.25) is 0 Å². The summed E-state index contributed by atoms with van der Waals surface area (Å²) < 4.78 is 25.8. The fourth-order valence-electron chi connectivity index (χ4n) is 4.24. The molecule has 3 aromatic heterocycles. The molecule has 39 heavy (non-hydrogen) atoms. The van der Waals surface area contributed by atoms with Crippen molar-refractivity contribution >= 4 is 55.6 Å². The van der Waals surface area contributed by atoms with Crippen LogP contribution in [0.4, 0.5) is 0 Å². The van der Waals surface area contributed by atoms with E-state index in [0.717, 1.165) is 20.1 Å². The van der Waals surface area contributed by atoms with Crippen LogP contribution >= 0.6 is 33.9 Å². The Kier molecular flexibility index (Phi) is 6.96. The Bertz CT molecular complexity index is 1770. The van der Waals surface area contributed by atoms with Crippen LogP contribution in [-0.2, 0) is 13.0 Å². The Morgan fingerprint density at radius 1 is 1.03 bits per heavy atom. The van der Waals surface area contributed by atoms with Gasteiger partial charge in [0.15, 0.2) is 11.5 Å². The van der Waals surface area contributed by atoms with Gasteiger partial charge in [0.25, 0.3) is 5.19 Å². The standard InChI is InChI=1S/C29H22IN3O5S/c1-35-21-12-25(22-14-27(38-26(22)13-21)23-15-33-28(31-23)39-29(32-33)36-2)37-16-18-5-3-4-17(10-18)11-24(34)19-6-8-20(30)9-7-19/h3-10,12-15H,11,16H2,1-2H3. The number of ether oxygens (including phenoxy) is 3. The van der Waals surface area contributed by atoms with Gasteiger partial charge in [0, 0.05) is 27.7 Å². The second kappa shape index (κ2) is 10.7. The number of imidazole rings is 1. The lowest BCUT2D eigenvalue weighted by Crippen LogP contribution is -2.04. The second-order valence-electron chi connectivity index (χ2n) is 8.79. The Morgan fingerprint density at radius 2 is 1.85 bits per heavy atom. The van der Waals surface area contributed by atoms with Crippen LogP contribution in [0.1, 0.15) is 21.5 Å². The smallest absolute Gasteiger partial charge is 0.294 e. The fraction of sp³-hybridized carbons (Fsp3) is 0.138. The van der Waals surface area contributed by atoms with Crippen LogP contribution in [0.25, 0.3) is 27.4 Å². The van der Waals surface area contributed by atoms with Crippen molar-refractivity contribution in [1.82, 2.24) is 14.6 Å². The zero-order valence-corrected chi connectivity index (χ0v) is 24.0. The van der Waals surface area contributed by atoms with E-state index >= 15 is 0 Å². The molecular weight excluding hydrogens is 629 g/mol. The number of hydrogen-bond acceptors (Lipinski definition) is 8. The van der Waals surface area contributed by atoms with Crippen molar-refractivity contribution in [3.8, 4) is 28.1 Å². The number of nitrogens with zero attached hydrogens (tertiary/aromatic N) is 3. The lowest BCUT2D eigenvalue weighted by molar-refractivity contribution is 0.0993. The van der Waals surface area contributed by atoms with Gasteiger partial charge in [0.05, 0.1) is 25.8 Å². The maximum absolute atomic E-state index is 12.8. The monoisotopic (exact) mass is 651 g/mol. The molecule has 0 radical (unpaired) electrons. The van der Waals surface area contributed by atoms with Crippen LogP contribution < -0.4 is 14.2 Å². The third-order valence-corrected chi connectivity index (χ3v) is 7.78. The lowest BCUT2D eigenvalue weighted by Gasteiger charge is -2.10. The maximum atomic E-state index is 12.8. The minimum atomic E-state index is 0.0812. The number of aromatic nitrogens is 3. The van der Waals surface area contributed by atoms with E-state index in [1.54, 1.807) is 24.9 Å². The van der Waals surface area contributed by atoms with Crippen LogP contribution in [0.15, 0.2) is 77.3 Å². The van der Waals surface area contributed by atoms with Gasteiger partial charge in [-0.2, -0.15) is 0 Å². The molecule has 6 rings (SSSR count). The van der Waals surface area contributed by atoms with E-state index in [-0.39, 0.29) is 5.78 Å². The Hall–Kier alpha value is -3.90. The summed E-state index contributed by atoms with van der Waals surface area (Å²) in [6.45, 7) is 0.318. The van der Waals surface area contributed by atoms with Gasteiger partial charge in [-0.05, 0) is 63.3 Å². The number of Topliss-reactive ketones (excluding diaryl/α,β-unsaturated/α-hetero) is 1. The first-order chi connectivity index (χ1) is 19.0. The van der Waals surface area contributed by atoms with Crippen molar-refractivity contribution < 1.29 is 23.4 Å². The molecule has 0 saturated heterocycles. The number of ketones is 1. The molecule has 0 fully saturated rings. The van der Waals surface area contributed by atoms with Crippen LogP contribution in [0.5, 0.6) is 16.7 Å². The zero-order valence-electron chi connectivity index (χ0n) is 21.0. The largest absolute Gasteiger partial charge is 0.496 e. The molecule has 6 aromatic rings. The summed E-state index contributed by atoms with van der Waals surface area (Å²) >= 11 is 3.58. The summed E-state index contributed by atoms with van der Waals surface area (Å²) in [7, 11) is 3.18. The van der Waals surface area contributed by atoms with Crippen molar-refractivity contribution in [2.45, 2.75) is 13.0 Å². The van der Waals surface area contributed by atoms with Crippen molar-refractivity contribution in [3.05, 3.63) is 93.2 Å². The third kappa shape index (κ3) is 5.34. The van der Waals surface area contributed by atoms with E-state index in [1.165, 1.54) is 11.3 Å². The molecule has 0 bridgehead atoms. The highest BCUT2D eigenvalue weighted by Crippen LogP contribution is 2.37. The van der Waals surface area contributed by atoms with Crippen molar-refractivity contribution in [2.75, 3.05) is 14.2 Å². The molecule has 3 heterocycles. The summed E-state index contributed by atoms with van der Waals surface area (Å²) in [4.78, 5) is 18.1. The number of furan rings is 1. The number of carbonyl (C=O) groups is 1. The molecule has 0 saturated carbocycles. The van der Waals surface area contributed by atoms with Crippen LogP contribution in [-0.4, -0.2) is 34.6 Å². The van der Waals surface area contributed by atoms with Gasteiger partial charge in [-0.15, -0.1) is 5.10 Å². The highest BCUT2D eigenvalue weighted by atomic mass is 127. The fourth-order valence-corrected chi connectivity index (χ4v) is 5.30.